The summed E-state index contributed by atoms with van der Waals surface area (Å²) in [7, 11) is 4.15. The fourth-order valence-corrected chi connectivity index (χ4v) is 3.34. The summed E-state index contributed by atoms with van der Waals surface area (Å²) in [5, 5.41) is 3.38. The molecule has 25 heavy (non-hydrogen) atoms. The van der Waals surface area contributed by atoms with Crippen molar-refractivity contribution in [1.82, 2.24) is 14.9 Å². The fraction of sp³-hybridized carbons (Fsp3) is 0.500. The van der Waals surface area contributed by atoms with E-state index in [0.717, 1.165) is 43.7 Å². The van der Waals surface area contributed by atoms with Crippen LogP contribution in [0.5, 0.6) is 0 Å². The van der Waals surface area contributed by atoms with Crippen LogP contribution < -0.4 is 10.2 Å². The van der Waals surface area contributed by atoms with Crippen molar-refractivity contribution in [1.29, 1.82) is 0 Å². The summed E-state index contributed by atoms with van der Waals surface area (Å²) in [4.78, 5) is 13.4. The number of hydrogen-bond donors (Lipinski definition) is 1. The Morgan fingerprint density at radius 2 is 1.88 bits per heavy atom. The molecule has 0 amide bonds. The van der Waals surface area contributed by atoms with Crippen molar-refractivity contribution in [2.24, 2.45) is 5.92 Å². The van der Waals surface area contributed by atoms with E-state index in [1.165, 1.54) is 24.8 Å². The van der Waals surface area contributed by atoms with Crippen LogP contribution in [0.4, 0.5) is 11.6 Å². The van der Waals surface area contributed by atoms with E-state index in [0.29, 0.717) is 0 Å². The van der Waals surface area contributed by atoms with Crippen molar-refractivity contribution in [2.45, 2.75) is 19.3 Å². The van der Waals surface area contributed by atoms with Crippen LogP contribution in [-0.2, 0) is 6.42 Å². The molecule has 0 atom stereocenters. The van der Waals surface area contributed by atoms with Gasteiger partial charge in [0, 0.05) is 32.2 Å². The quantitative estimate of drug-likeness (QED) is 0.840. The number of hydrogen-bond acceptors (Lipinski definition) is 5. The summed E-state index contributed by atoms with van der Waals surface area (Å²) in [6.07, 6.45) is 5.31. The minimum Gasteiger partial charge on any atom is -0.369 e. The van der Waals surface area contributed by atoms with Gasteiger partial charge in [-0.05, 0) is 44.8 Å². The molecule has 1 aliphatic rings. The first-order valence-corrected chi connectivity index (χ1v) is 9.20. The number of nitrogens with one attached hydrogen (secondary N) is 1. The first-order valence-electron chi connectivity index (χ1n) is 9.20. The smallest absolute Gasteiger partial charge is 0.134 e. The molecule has 0 spiro atoms. The zero-order chi connectivity index (χ0) is 17.5. The minimum absolute atomic E-state index is 0.776. The van der Waals surface area contributed by atoms with Gasteiger partial charge in [-0.25, -0.2) is 9.97 Å². The van der Waals surface area contributed by atoms with E-state index in [4.69, 9.17) is 0 Å². The molecule has 0 radical (unpaired) electrons. The lowest BCUT2D eigenvalue weighted by atomic mass is 9.90. The topological polar surface area (TPSA) is 44.3 Å². The van der Waals surface area contributed by atoms with Crippen molar-refractivity contribution in [3.63, 3.8) is 0 Å². The van der Waals surface area contributed by atoms with E-state index >= 15 is 0 Å². The van der Waals surface area contributed by atoms with Gasteiger partial charge in [-0.2, -0.15) is 0 Å². The molecule has 134 valence electrons. The Hall–Kier alpha value is -2.14. The summed E-state index contributed by atoms with van der Waals surface area (Å²) in [5.41, 5.74) is 1.45. The van der Waals surface area contributed by atoms with Gasteiger partial charge in [-0.3, -0.25) is 0 Å². The van der Waals surface area contributed by atoms with Crippen LogP contribution in [0.3, 0.4) is 0 Å². The maximum absolute atomic E-state index is 4.48. The number of nitrogens with zero attached hydrogens (tertiary/aromatic N) is 4. The van der Waals surface area contributed by atoms with E-state index in [-0.39, 0.29) is 0 Å². The van der Waals surface area contributed by atoms with E-state index in [2.05, 4.69) is 75.6 Å². The lowest BCUT2D eigenvalue weighted by molar-refractivity contribution is 0.402. The highest BCUT2D eigenvalue weighted by Gasteiger charge is 2.20. The van der Waals surface area contributed by atoms with Crippen LogP contribution >= 0.6 is 0 Å². The first kappa shape index (κ1) is 17.7. The Bertz CT molecular complexity index is 636. The van der Waals surface area contributed by atoms with Gasteiger partial charge in [0.05, 0.1) is 0 Å². The second kappa shape index (κ2) is 8.81. The van der Waals surface area contributed by atoms with Crippen molar-refractivity contribution < 1.29 is 0 Å². The average Bonchev–Trinajstić information content (AvgIpc) is 2.63. The molecule has 2 aromatic rings. The molecule has 0 unspecified atom stereocenters. The summed E-state index contributed by atoms with van der Waals surface area (Å²) < 4.78 is 0. The fourth-order valence-electron chi connectivity index (χ4n) is 3.34. The molecule has 5 nitrogen and oxygen atoms in total. The van der Waals surface area contributed by atoms with Gasteiger partial charge in [-0.15, -0.1) is 0 Å². The molecule has 2 heterocycles. The molecule has 1 aromatic carbocycles. The molecule has 1 aliphatic heterocycles. The maximum atomic E-state index is 4.48. The molecular weight excluding hydrogens is 310 g/mol. The summed E-state index contributed by atoms with van der Waals surface area (Å²) in [6, 6.07) is 12.9. The van der Waals surface area contributed by atoms with E-state index in [1.54, 1.807) is 6.33 Å². The molecule has 0 saturated carbocycles. The predicted molar refractivity (Wildman–Crippen MR) is 104 cm³/mol. The third-order valence-electron chi connectivity index (χ3n) is 4.82. The van der Waals surface area contributed by atoms with Gasteiger partial charge in [0.1, 0.15) is 18.0 Å². The third kappa shape index (κ3) is 5.43. The summed E-state index contributed by atoms with van der Waals surface area (Å²) in [5.74, 6) is 2.73. The maximum Gasteiger partial charge on any atom is 0.134 e. The van der Waals surface area contributed by atoms with Gasteiger partial charge in [0.2, 0.25) is 0 Å². The monoisotopic (exact) mass is 339 g/mol. The molecule has 0 bridgehead atoms. The van der Waals surface area contributed by atoms with E-state index < -0.39 is 0 Å². The van der Waals surface area contributed by atoms with E-state index in [9.17, 15) is 0 Å². The summed E-state index contributed by atoms with van der Waals surface area (Å²) in [6.45, 7) is 4.03. The lowest BCUT2D eigenvalue weighted by Crippen LogP contribution is -2.35. The van der Waals surface area contributed by atoms with Gasteiger partial charge in [0.15, 0.2) is 0 Å². The van der Waals surface area contributed by atoms with Crippen LogP contribution in [-0.4, -0.2) is 55.1 Å². The van der Waals surface area contributed by atoms with Crippen LogP contribution in [0.2, 0.25) is 0 Å². The Labute approximate surface area is 151 Å². The SMILES string of the molecule is CN(C)CCNc1cc(N2CCC(Cc3ccccc3)CC2)ncn1. The van der Waals surface area contributed by atoms with Crippen LogP contribution in [0, 0.1) is 5.92 Å². The van der Waals surface area contributed by atoms with Gasteiger partial charge >= 0.3 is 0 Å². The Morgan fingerprint density at radius 1 is 1.12 bits per heavy atom. The first-order chi connectivity index (χ1) is 12.2. The zero-order valence-corrected chi connectivity index (χ0v) is 15.4. The largest absolute Gasteiger partial charge is 0.369 e. The third-order valence-corrected chi connectivity index (χ3v) is 4.82. The molecule has 5 heteroatoms. The van der Waals surface area contributed by atoms with Crippen LogP contribution in [0.15, 0.2) is 42.7 Å². The van der Waals surface area contributed by atoms with Crippen molar-refractivity contribution in [3.8, 4) is 0 Å². The number of anilines is 2. The molecule has 0 aliphatic carbocycles. The minimum atomic E-state index is 0.776. The summed E-state index contributed by atoms with van der Waals surface area (Å²) >= 11 is 0. The Kier molecular flexibility index (Phi) is 6.23. The molecule has 1 N–H and O–H groups in total. The molecule has 1 aromatic heterocycles. The highest BCUT2D eigenvalue weighted by Crippen LogP contribution is 2.25. The number of rotatable bonds is 7. The molecule has 1 fully saturated rings. The molecule has 3 rings (SSSR count). The highest BCUT2D eigenvalue weighted by atomic mass is 15.2. The predicted octanol–water partition coefficient (Wildman–Crippen LogP) is 2.91. The number of piperidine rings is 1. The number of likely N-dealkylation sites (N-methyl/N-ethyl adjacent to an activating group) is 1. The van der Waals surface area contributed by atoms with Gasteiger partial charge in [0.25, 0.3) is 0 Å². The zero-order valence-electron chi connectivity index (χ0n) is 15.4. The van der Waals surface area contributed by atoms with Crippen molar-refractivity contribution in [3.05, 3.63) is 48.3 Å². The highest BCUT2D eigenvalue weighted by molar-refractivity contribution is 5.48. The van der Waals surface area contributed by atoms with Gasteiger partial charge < -0.3 is 15.1 Å². The molecule has 1 saturated heterocycles. The van der Waals surface area contributed by atoms with Crippen molar-refractivity contribution >= 4 is 11.6 Å². The normalized spacial score (nSPS) is 15.6. The Balaban J connectivity index is 1.50. The van der Waals surface area contributed by atoms with Crippen molar-refractivity contribution in [2.75, 3.05) is 50.5 Å². The molecular formula is C20H29N5. The Morgan fingerprint density at radius 3 is 2.60 bits per heavy atom. The standard InChI is InChI=1S/C20H29N5/c1-24(2)13-10-21-19-15-20(23-16-22-19)25-11-8-18(9-12-25)14-17-6-4-3-5-7-17/h3-7,15-16,18H,8-14H2,1-2H3,(H,21,22,23). The van der Waals surface area contributed by atoms with Gasteiger partial charge in [-0.1, -0.05) is 30.3 Å². The second-order valence-corrected chi connectivity index (χ2v) is 7.11. The van der Waals surface area contributed by atoms with E-state index in [1.807, 2.05) is 0 Å². The van der Waals surface area contributed by atoms with Crippen LogP contribution in [0.1, 0.15) is 18.4 Å². The van der Waals surface area contributed by atoms with Crippen LogP contribution in [0.25, 0.3) is 0 Å². The lowest BCUT2D eigenvalue weighted by Gasteiger charge is -2.33. The second-order valence-electron chi connectivity index (χ2n) is 7.11. The average molecular weight is 339 g/mol. The number of benzene rings is 1. The number of aromatic nitrogens is 2.